The van der Waals surface area contributed by atoms with Crippen LogP contribution in [0.3, 0.4) is 0 Å². The first-order chi connectivity index (χ1) is 17.9. The van der Waals surface area contributed by atoms with Gasteiger partial charge in [-0.1, -0.05) is 41.5 Å². The molecule has 0 aliphatic carbocycles. The molecule has 1 saturated heterocycles. The summed E-state index contributed by atoms with van der Waals surface area (Å²) < 4.78 is 52.7. The second kappa shape index (κ2) is 11.0. The van der Waals surface area contributed by atoms with Gasteiger partial charge in [-0.3, -0.25) is 23.4 Å². The Morgan fingerprint density at radius 3 is 2.28 bits per heavy atom. The number of rotatable bonds is 4. The van der Waals surface area contributed by atoms with Crippen LogP contribution in [0.4, 0.5) is 4.39 Å². The van der Waals surface area contributed by atoms with Crippen molar-refractivity contribution in [3.8, 4) is 5.75 Å². The molecule has 1 aromatic heterocycles. The second-order valence-electron chi connectivity index (χ2n) is 11.5. The standard InChI is InChI=1S/C24H30B2FN2O7P.CH4O/c1-22(2,3)14-11-15(23(4,5)6)20-13(19(14)27)12-33-37(32,35-20)36-24(25,26)16-7-8-18(34-16)29-10-9-17(30)28-21(29)31;1-2/h9-11,16,18H,7-8,12H2,1-6H3,(H,28,30,31);2H,1H3. The lowest BCUT2D eigenvalue weighted by atomic mass is 9.61. The van der Waals surface area contributed by atoms with E-state index in [1.807, 2.05) is 41.5 Å². The van der Waals surface area contributed by atoms with Crippen molar-refractivity contribution in [3.05, 3.63) is 61.7 Å². The lowest BCUT2D eigenvalue weighted by Crippen LogP contribution is -2.46. The van der Waals surface area contributed by atoms with E-state index in [9.17, 15) is 14.2 Å². The molecule has 0 spiro atoms. The van der Waals surface area contributed by atoms with Crippen molar-refractivity contribution in [3.63, 3.8) is 0 Å². The Balaban J connectivity index is 0.00000205. The summed E-state index contributed by atoms with van der Waals surface area (Å²) in [4.78, 5) is 25.6. The van der Waals surface area contributed by atoms with E-state index in [1.165, 1.54) is 16.8 Å². The van der Waals surface area contributed by atoms with E-state index in [-0.39, 0.29) is 24.3 Å². The molecule has 14 heteroatoms. The fraction of sp³-hybridized carbons (Fsp3) is 0.600. The molecule has 0 saturated carbocycles. The first-order valence-corrected chi connectivity index (χ1v) is 13.9. The summed E-state index contributed by atoms with van der Waals surface area (Å²) in [6.45, 7) is 11.1. The molecule has 2 aromatic rings. The SMILES string of the molecule is CO.[B]C([B])(OP1(=O)OCc2c(F)c(C(C)(C)C)cc(C(C)(C)C)c2O1)C1CCC(n2ccc(=O)[nH]c2=O)O1. The Morgan fingerprint density at radius 1 is 1.10 bits per heavy atom. The lowest BCUT2D eigenvalue weighted by Gasteiger charge is -2.38. The molecule has 4 radical (unpaired) electrons. The zero-order valence-electron chi connectivity index (χ0n) is 23.2. The fourth-order valence-electron chi connectivity index (χ4n) is 4.42. The van der Waals surface area contributed by atoms with Gasteiger partial charge in [-0.05, 0) is 35.3 Å². The summed E-state index contributed by atoms with van der Waals surface area (Å²) in [5.74, 6) is -0.421. The largest absolute Gasteiger partial charge is 0.529 e. The summed E-state index contributed by atoms with van der Waals surface area (Å²) in [5, 5.41) is 4.86. The van der Waals surface area contributed by atoms with Gasteiger partial charge < -0.3 is 14.4 Å². The zero-order chi connectivity index (χ0) is 29.6. The van der Waals surface area contributed by atoms with Gasteiger partial charge in [-0.2, -0.15) is 0 Å². The van der Waals surface area contributed by atoms with Gasteiger partial charge in [0.1, 0.15) is 33.5 Å². The van der Waals surface area contributed by atoms with Crippen LogP contribution in [0.5, 0.6) is 5.75 Å². The van der Waals surface area contributed by atoms with Crippen LogP contribution >= 0.6 is 7.82 Å². The number of fused-ring (bicyclic) bond motifs is 1. The number of halogens is 1. The molecule has 0 bridgehead atoms. The summed E-state index contributed by atoms with van der Waals surface area (Å²) >= 11 is 0. The van der Waals surface area contributed by atoms with Crippen LogP contribution in [-0.4, -0.2) is 49.0 Å². The highest BCUT2D eigenvalue weighted by atomic mass is 31.2. The molecule has 210 valence electrons. The van der Waals surface area contributed by atoms with Crippen molar-refractivity contribution in [2.24, 2.45) is 0 Å². The molecular weight excluding hydrogens is 528 g/mol. The maximum Gasteiger partial charge on any atom is 0.529 e. The number of ether oxygens (including phenoxy) is 1. The first-order valence-electron chi connectivity index (χ1n) is 12.4. The van der Waals surface area contributed by atoms with E-state index in [0.717, 1.165) is 7.11 Å². The van der Waals surface area contributed by atoms with Crippen LogP contribution in [0.25, 0.3) is 0 Å². The van der Waals surface area contributed by atoms with Crippen LogP contribution in [-0.2, 0) is 35.8 Å². The number of aliphatic hydroxyl groups excluding tert-OH is 1. The zero-order valence-corrected chi connectivity index (χ0v) is 24.1. The third-order valence-corrected chi connectivity index (χ3v) is 7.82. The third kappa shape index (κ3) is 6.60. The van der Waals surface area contributed by atoms with Crippen molar-refractivity contribution in [2.75, 3.05) is 7.11 Å². The molecule has 0 amide bonds. The van der Waals surface area contributed by atoms with Gasteiger partial charge >= 0.3 is 13.5 Å². The second-order valence-corrected chi connectivity index (χ2v) is 13.0. The van der Waals surface area contributed by atoms with Crippen molar-refractivity contribution >= 4 is 23.5 Å². The molecule has 3 atom stereocenters. The Hall–Kier alpha value is -2.17. The minimum Gasteiger partial charge on any atom is -0.403 e. The van der Waals surface area contributed by atoms with Crippen molar-refractivity contribution in [1.29, 1.82) is 0 Å². The monoisotopic (exact) mass is 562 g/mol. The van der Waals surface area contributed by atoms with E-state index in [0.29, 0.717) is 17.5 Å². The quantitative estimate of drug-likeness (QED) is 0.430. The number of phosphoric ester groups is 1. The van der Waals surface area contributed by atoms with E-state index in [1.54, 1.807) is 6.07 Å². The molecule has 10 nitrogen and oxygen atoms in total. The van der Waals surface area contributed by atoms with Gasteiger partial charge in [-0.15, -0.1) is 0 Å². The Kier molecular flexibility index (Phi) is 8.85. The number of aliphatic hydroxyl groups is 1. The summed E-state index contributed by atoms with van der Waals surface area (Å²) in [5.41, 5.74) is -0.934. The van der Waals surface area contributed by atoms with Crippen molar-refractivity contribution < 1.29 is 32.4 Å². The number of benzene rings is 1. The molecular formula is C25H34B2FN2O8P. The number of aromatic amines is 1. The Labute approximate surface area is 229 Å². The minimum atomic E-state index is -4.41. The van der Waals surface area contributed by atoms with Crippen LogP contribution in [0, 0.1) is 5.82 Å². The summed E-state index contributed by atoms with van der Waals surface area (Å²) in [6.07, 6.45) is 0.0794. The van der Waals surface area contributed by atoms with Crippen LogP contribution in [0.15, 0.2) is 27.9 Å². The maximum atomic E-state index is 15.5. The summed E-state index contributed by atoms with van der Waals surface area (Å²) in [7, 11) is 8.94. The smallest absolute Gasteiger partial charge is 0.403 e. The number of H-pyrrole nitrogens is 1. The Bertz CT molecular complexity index is 1380. The highest BCUT2D eigenvalue weighted by molar-refractivity contribution is 7.49. The highest BCUT2D eigenvalue weighted by Crippen LogP contribution is 2.59. The van der Waals surface area contributed by atoms with Crippen LogP contribution in [0.1, 0.15) is 77.3 Å². The van der Waals surface area contributed by atoms with Gasteiger partial charge in [0.05, 0.1) is 18.3 Å². The normalized spacial score (nSPS) is 23.4. The number of nitrogens with zero attached hydrogens (tertiary/aromatic N) is 1. The average molecular weight is 562 g/mol. The highest BCUT2D eigenvalue weighted by Gasteiger charge is 2.47. The van der Waals surface area contributed by atoms with E-state index < -0.39 is 53.5 Å². The van der Waals surface area contributed by atoms with Gasteiger partial charge in [0.25, 0.3) is 5.56 Å². The average Bonchev–Trinajstić information content (AvgIpc) is 3.29. The molecule has 2 aliphatic rings. The lowest BCUT2D eigenvalue weighted by molar-refractivity contribution is -0.0515. The first kappa shape index (κ1) is 31.4. The number of aromatic nitrogens is 2. The predicted octanol–water partition coefficient (Wildman–Crippen LogP) is 3.28. The van der Waals surface area contributed by atoms with Crippen LogP contribution < -0.4 is 15.8 Å². The van der Waals surface area contributed by atoms with Crippen molar-refractivity contribution in [1.82, 2.24) is 9.55 Å². The van der Waals surface area contributed by atoms with Gasteiger partial charge in [0.2, 0.25) is 0 Å². The summed E-state index contributed by atoms with van der Waals surface area (Å²) in [6, 6.07) is 2.90. The molecule has 4 rings (SSSR count). The Morgan fingerprint density at radius 2 is 1.72 bits per heavy atom. The van der Waals surface area contributed by atoms with E-state index in [2.05, 4.69) is 4.98 Å². The maximum absolute atomic E-state index is 15.5. The molecule has 2 aliphatic heterocycles. The fourth-order valence-corrected chi connectivity index (χ4v) is 5.79. The minimum absolute atomic E-state index is 0.0772. The number of phosphoric acid groups is 1. The van der Waals surface area contributed by atoms with E-state index in [4.69, 9.17) is 39.1 Å². The molecule has 39 heavy (non-hydrogen) atoms. The topological polar surface area (TPSA) is 129 Å². The molecule has 3 heterocycles. The molecule has 1 aromatic carbocycles. The molecule has 2 N–H and O–H groups in total. The molecule has 1 fully saturated rings. The number of hydrogen-bond acceptors (Lipinski definition) is 8. The third-order valence-electron chi connectivity index (χ3n) is 6.43. The number of hydrogen-bond donors (Lipinski definition) is 2. The van der Waals surface area contributed by atoms with Gasteiger partial charge in [0.15, 0.2) is 0 Å². The van der Waals surface area contributed by atoms with Gasteiger partial charge in [-0.25, -0.2) is 13.8 Å². The molecule has 3 unspecified atom stereocenters. The van der Waals surface area contributed by atoms with Gasteiger partial charge in [0, 0.05) is 30.3 Å². The van der Waals surface area contributed by atoms with E-state index >= 15 is 4.39 Å². The predicted molar refractivity (Wildman–Crippen MR) is 145 cm³/mol. The van der Waals surface area contributed by atoms with Crippen molar-refractivity contribution in [2.45, 2.75) is 89.6 Å². The number of nitrogens with one attached hydrogen (secondary N) is 1. The van der Waals surface area contributed by atoms with Crippen LogP contribution in [0.2, 0.25) is 0 Å².